The van der Waals surface area contributed by atoms with E-state index in [1.807, 2.05) is 38.1 Å². The first-order valence-corrected chi connectivity index (χ1v) is 4.26. The zero-order valence-electron chi connectivity index (χ0n) is 8.29. The van der Waals surface area contributed by atoms with Crippen LogP contribution in [0, 0.1) is 0 Å². The summed E-state index contributed by atoms with van der Waals surface area (Å²) in [6.07, 6.45) is 2.03. The molecule has 0 radical (unpaired) electrons. The molecule has 0 heterocycles. The molecule has 0 fully saturated rings. The van der Waals surface area contributed by atoms with E-state index in [9.17, 15) is 0 Å². The molecular weight excluding hydrogens is 162 g/mol. The largest absolute Gasteiger partial charge is 0.497 e. The number of allylic oxidation sites excluding steroid dienone is 2. The molecule has 0 amide bonds. The minimum Gasteiger partial charge on any atom is -0.497 e. The van der Waals surface area contributed by atoms with Crippen molar-refractivity contribution in [2.24, 2.45) is 0 Å². The van der Waals surface area contributed by atoms with Gasteiger partial charge in [-0.3, -0.25) is 0 Å². The summed E-state index contributed by atoms with van der Waals surface area (Å²) in [5, 5.41) is 0. The van der Waals surface area contributed by atoms with Gasteiger partial charge >= 0.3 is 0 Å². The Kier molecular flexibility index (Phi) is 2.96. The van der Waals surface area contributed by atoms with Gasteiger partial charge in [-0.2, -0.15) is 0 Å². The van der Waals surface area contributed by atoms with E-state index in [4.69, 9.17) is 10.5 Å². The SMILES string of the molecule is C/C=C(\C)c1cc(OC)ccc1N. The summed E-state index contributed by atoms with van der Waals surface area (Å²) in [4.78, 5) is 0. The molecule has 0 unspecified atom stereocenters. The molecule has 1 aromatic carbocycles. The predicted molar refractivity (Wildman–Crippen MR) is 56.7 cm³/mol. The maximum absolute atomic E-state index is 5.82. The molecule has 1 rings (SSSR count). The first-order chi connectivity index (χ1) is 6.19. The molecule has 0 spiro atoms. The Hall–Kier alpha value is -1.44. The van der Waals surface area contributed by atoms with Gasteiger partial charge in [0, 0.05) is 11.3 Å². The Morgan fingerprint density at radius 3 is 2.69 bits per heavy atom. The van der Waals surface area contributed by atoms with Gasteiger partial charge in [-0.05, 0) is 37.6 Å². The van der Waals surface area contributed by atoms with E-state index in [0.29, 0.717) is 0 Å². The van der Waals surface area contributed by atoms with Gasteiger partial charge in [-0.25, -0.2) is 0 Å². The van der Waals surface area contributed by atoms with Crippen LogP contribution in [0.5, 0.6) is 5.75 Å². The Bertz CT molecular complexity index is 329. The Balaban J connectivity index is 3.19. The topological polar surface area (TPSA) is 35.2 Å². The summed E-state index contributed by atoms with van der Waals surface area (Å²) in [6.45, 7) is 4.03. The van der Waals surface area contributed by atoms with Crippen molar-refractivity contribution >= 4 is 11.3 Å². The van der Waals surface area contributed by atoms with E-state index in [1.54, 1.807) is 7.11 Å². The normalized spacial score (nSPS) is 11.5. The number of nitrogen functional groups attached to an aromatic ring is 1. The number of ether oxygens (including phenoxy) is 1. The zero-order valence-corrected chi connectivity index (χ0v) is 8.29. The highest BCUT2D eigenvalue weighted by Crippen LogP contribution is 2.25. The Morgan fingerprint density at radius 1 is 1.46 bits per heavy atom. The van der Waals surface area contributed by atoms with Crippen LogP contribution in [0.2, 0.25) is 0 Å². The van der Waals surface area contributed by atoms with Crippen molar-refractivity contribution < 1.29 is 4.74 Å². The third-order valence-corrected chi connectivity index (χ3v) is 2.12. The van der Waals surface area contributed by atoms with Gasteiger partial charge in [-0.1, -0.05) is 6.08 Å². The van der Waals surface area contributed by atoms with Gasteiger partial charge in [0.15, 0.2) is 0 Å². The number of rotatable bonds is 2. The van der Waals surface area contributed by atoms with E-state index in [1.165, 1.54) is 0 Å². The van der Waals surface area contributed by atoms with Crippen molar-refractivity contribution in [2.45, 2.75) is 13.8 Å². The highest BCUT2D eigenvalue weighted by Gasteiger charge is 2.01. The molecule has 1 aromatic rings. The standard InChI is InChI=1S/C11H15NO/c1-4-8(2)10-7-9(13-3)5-6-11(10)12/h4-7H,12H2,1-3H3/b8-4+. The highest BCUT2D eigenvalue weighted by molar-refractivity contribution is 5.74. The van der Waals surface area contributed by atoms with Gasteiger partial charge in [0.2, 0.25) is 0 Å². The van der Waals surface area contributed by atoms with Crippen molar-refractivity contribution in [3.05, 3.63) is 29.8 Å². The number of methoxy groups -OCH3 is 1. The molecule has 13 heavy (non-hydrogen) atoms. The molecule has 0 aliphatic rings. The van der Waals surface area contributed by atoms with E-state index >= 15 is 0 Å². The molecule has 2 N–H and O–H groups in total. The van der Waals surface area contributed by atoms with Gasteiger partial charge in [0.25, 0.3) is 0 Å². The zero-order chi connectivity index (χ0) is 9.84. The highest BCUT2D eigenvalue weighted by atomic mass is 16.5. The lowest BCUT2D eigenvalue weighted by Gasteiger charge is -2.07. The quantitative estimate of drug-likeness (QED) is 0.705. The lowest BCUT2D eigenvalue weighted by molar-refractivity contribution is 0.415. The summed E-state index contributed by atoms with van der Waals surface area (Å²) in [5.74, 6) is 0.838. The number of hydrogen-bond acceptors (Lipinski definition) is 2. The first kappa shape index (κ1) is 9.65. The van der Waals surface area contributed by atoms with Crippen molar-refractivity contribution in [1.82, 2.24) is 0 Å². The average molecular weight is 177 g/mol. The minimum absolute atomic E-state index is 0.788. The van der Waals surface area contributed by atoms with Crippen molar-refractivity contribution in [3.8, 4) is 5.75 Å². The van der Waals surface area contributed by atoms with Gasteiger partial charge in [0.05, 0.1) is 7.11 Å². The van der Waals surface area contributed by atoms with Crippen LogP contribution >= 0.6 is 0 Å². The third-order valence-electron chi connectivity index (χ3n) is 2.12. The summed E-state index contributed by atoms with van der Waals surface area (Å²) in [6, 6.07) is 5.67. The van der Waals surface area contributed by atoms with Crippen molar-refractivity contribution in [1.29, 1.82) is 0 Å². The third kappa shape index (κ3) is 2.02. The molecule has 0 saturated carbocycles. The molecule has 0 aliphatic carbocycles. The van der Waals surface area contributed by atoms with Crippen LogP contribution in [-0.2, 0) is 0 Å². The van der Waals surface area contributed by atoms with Crippen LogP contribution in [0.15, 0.2) is 24.3 Å². The monoisotopic (exact) mass is 177 g/mol. The average Bonchev–Trinajstić information content (AvgIpc) is 2.17. The van der Waals surface area contributed by atoms with Crippen LogP contribution < -0.4 is 10.5 Å². The van der Waals surface area contributed by atoms with Gasteiger partial charge < -0.3 is 10.5 Å². The van der Waals surface area contributed by atoms with Crippen molar-refractivity contribution in [2.75, 3.05) is 12.8 Å². The molecule has 2 nitrogen and oxygen atoms in total. The first-order valence-electron chi connectivity index (χ1n) is 4.26. The lowest BCUT2D eigenvalue weighted by atomic mass is 10.1. The molecule has 70 valence electrons. The van der Waals surface area contributed by atoms with E-state index < -0.39 is 0 Å². The number of benzene rings is 1. The van der Waals surface area contributed by atoms with E-state index in [2.05, 4.69) is 0 Å². The summed E-state index contributed by atoms with van der Waals surface area (Å²) >= 11 is 0. The summed E-state index contributed by atoms with van der Waals surface area (Å²) < 4.78 is 5.12. The maximum atomic E-state index is 5.82. The van der Waals surface area contributed by atoms with Crippen LogP contribution in [0.3, 0.4) is 0 Å². The van der Waals surface area contributed by atoms with Gasteiger partial charge in [-0.15, -0.1) is 0 Å². The van der Waals surface area contributed by atoms with Crippen molar-refractivity contribution in [3.63, 3.8) is 0 Å². The molecule has 0 aromatic heterocycles. The summed E-state index contributed by atoms with van der Waals surface area (Å²) in [7, 11) is 1.65. The number of hydrogen-bond donors (Lipinski definition) is 1. The molecule has 0 atom stereocenters. The Morgan fingerprint density at radius 2 is 2.15 bits per heavy atom. The summed E-state index contributed by atoms with van der Waals surface area (Å²) in [5.41, 5.74) is 8.82. The predicted octanol–water partition coefficient (Wildman–Crippen LogP) is 2.70. The van der Waals surface area contributed by atoms with E-state index in [0.717, 1.165) is 22.6 Å². The fourth-order valence-corrected chi connectivity index (χ4v) is 1.16. The van der Waals surface area contributed by atoms with Crippen LogP contribution in [0.1, 0.15) is 19.4 Å². The van der Waals surface area contributed by atoms with Crippen LogP contribution in [-0.4, -0.2) is 7.11 Å². The molecule has 2 heteroatoms. The molecular formula is C11H15NO. The van der Waals surface area contributed by atoms with Gasteiger partial charge in [0.1, 0.15) is 5.75 Å². The van der Waals surface area contributed by atoms with E-state index in [-0.39, 0.29) is 0 Å². The molecule has 0 bridgehead atoms. The molecule has 0 aliphatic heterocycles. The fraction of sp³-hybridized carbons (Fsp3) is 0.273. The lowest BCUT2D eigenvalue weighted by Crippen LogP contribution is -1.93. The minimum atomic E-state index is 0.788. The smallest absolute Gasteiger partial charge is 0.119 e. The second kappa shape index (κ2) is 3.99. The Labute approximate surface area is 79.0 Å². The van der Waals surface area contributed by atoms with Crippen LogP contribution in [0.4, 0.5) is 5.69 Å². The second-order valence-corrected chi connectivity index (χ2v) is 2.92. The molecule has 0 saturated heterocycles. The number of anilines is 1. The second-order valence-electron chi connectivity index (χ2n) is 2.92. The fourth-order valence-electron chi connectivity index (χ4n) is 1.16. The van der Waals surface area contributed by atoms with Crippen LogP contribution in [0.25, 0.3) is 5.57 Å². The maximum Gasteiger partial charge on any atom is 0.119 e. The number of nitrogens with two attached hydrogens (primary N) is 1.